The topological polar surface area (TPSA) is 51.2 Å². The van der Waals surface area contributed by atoms with Crippen LogP contribution in [0.1, 0.15) is 12.5 Å². The van der Waals surface area contributed by atoms with Gasteiger partial charge in [-0.2, -0.15) is 0 Å². The zero-order valence-corrected chi connectivity index (χ0v) is 13.8. The molecule has 0 spiro atoms. The summed E-state index contributed by atoms with van der Waals surface area (Å²) in [5.41, 5.74) is 1.24. The Morgan fingerprint density at radius 1 is 1.17 bits per heavy atom. The van der Waals surface area contributed by atoms with Gasteiger partial charge in [0.2, 0.25) is 6.79 Å². The lowest BCUT2D eigenvalue weighted by atomic mass is 10.1. The molecule has 0 unspecified atom stereocenters. The smallest absolute Gasteiger partial charge is 0.309 e. The van der Waals surface area contributed by atoms with Gasteiger partial charge in [0.05, 0.1) is 13.0 Å². The van der Waals surface area contributed by atoms with E-state index in [9.17, 15) is 4.79 Å². The maximum atomic E-state index is 11.5. The van der Waals surface area contributed by atoms with E-state index in [2.05, 4.69) is 21.9 Å². The molecule has 0 bridgehead atoms. The van der Waals surface area contributed by atoms with Crippen LogP contribution in [0.15, 0.2) is 18.2 Å². The van der Waals surface area contributed by atoms with Crippen LogP contribution in [0.5, 0.6) is 11.5 Å². The van der Waals surface area contributed by atoms with Crippen molar-refractivity contribution in [2.45, 2.75) is 13.5 Å². The third kappa shape index (κ3) is 3.95. The zero-order valence-electron chi connectivity index (χ0n) is 13.8. The highest BCUT2D eigenvalue weighted by Crippen LogP contribution is 2.32. The van der Waals surface area contributed by atoms with Gasteiger partial charge in [0, 0.05) is 39.3 Å². The van der Waals surface area contributed by atoms with Crippen molar-refractivity contribution >= 4 is 5.97 Å². The van der Waals surface area contributed by atoms with Crippen LogP contribution in [0, 0.1) is 5.92 Å². The first-order chi connectivity index (χ1) is 11.2. The largest absolute Gasteiger partial charge is 0.469 e. The number of esters is 1. The van der Waals surface area contributed by atoms with Crippen LogP contribution in [0.2, 0.25) is 0 Å². The summed E-state index contributed by atoms with van der Waals surface area (Å²) in [4.78, 5) is 16.3. The third-order valence-corrected chi connectivity index (χ3v) is 4.44. The maximum absolute atomic E-state index is 11.5. The Balaban J connectivity index is 1.47. The summed E-state index contributed by atoms with van der Waals surface area (Å²) in [6.45, 7) is 7.88. The van der Waals surface area contributed by atoms with Gasteiger partial charge >= 0.3 is 5.97 Å². The van der Waals surface area contributed by atoms with Crippen LogP contribution >= 0.6 is 0 Å². The van der Waals surface area contributed by atoms with Crippen molar-refractivity contribution in [2.75, 3.05) is 46.6 Å². The SMILES string of the molecule is COC(=O)[C@@H](C)CN1CCN(Cc2ccc3c(c2)OCO3)CC1. The zero-order chi connectivity index (χ0) is 16.2. The van der Waals surface area contributed by atoms with Gasteiger partial charge in [-0.05, 0) is 17.7 Å². The van der Waals surface area contributed by atoms with E-state index in [1.165, 1.54) is 12.7 Å². The van der Waals surface area contributed by atoms with E-state index in [0.717, 1.165) is 50.8 Å². The van der Waals surface area contributed by atoms with E-state index in [1.54, 1.807) is 0 Å². The van der Waals surface area contributed by atoms with Gasteiger partial charge in [-0.15, -0.1) is 0 Å². The molecule has 1 aromatic carbocycles. The first-order valence-electron chi connectivity index (χ1n) is 8.07. The van der Waals surface area contributed by atoms with Crippen molar-refractivity contribution in [1.29, 1.82) is 0 Å². The van der Waals surface area contributed by atoms with Crippen LogP contribution in [-0.2, 0) is 16.1 Å². The Kier molecular flexibility index (Phi) is 5.03. The lowest BCUT2D eigenvalue weighted by Gasteiger charge is -2.35. The Labute approximate surface area is 136 Å². The lowest BCUT2D eigenvalue weighted by Crippen LogP contribution is -2.47. The number of carbonyl (C=O) groups is 1. The number of hydrogen-bond acceptors (Lipinski definition) is 6. The Morgan fingerprint density at radius 2 is 1.87 bits per heavy atom. The minimum absolute atomic E-state index is 0.0691. The number of benzene rings is 1. The Morgan fingerprint density at radius 3 is 2.61 bits per heavy atom. The monoisotopic (exact) mass is 320 g/mol. The molecule has 0 aliphatic carbocycles. The standard InChI is InChI=1S/C17H24N2O4/c1-13(17(20)21-2)10-18-5-7-19(8-6-18)11-14-3-4-15-16(9-14)23-12-22-15/h3-4,9,13H,5-8,10-12H2,1-2H3/t13-/m0/s1. The molecule has 0 amide bonds. The summed E-state index contributed by atoms with van der Waals surface area (Å²) in [5, 5.41) is 0. The number of nitrogens with zero attached hydrogens (tertiary/aromatic N) is 2. The van der Waals surface area contributed by atoms with E-state index < -0.39 is 0 Å². The van der Waals surface area contributed by atoms with E-state index in [1.807, 2.05) is 13.0 Å². The summed E-state index contributed by atoms with van der Waals surface area (Å²) in [6, 6.07) is 6.14. The molecule has 2 heterocycles. The third-order valence-electron chi connectivity index (χ3n) is 4.44. The summed E-state index contributed by atoms with van der Waals surface area (Å²) < 4.78 is 15.6. The predicted octanol–water partition coefficient (Wildman–Crippen LogP) is 1.34. The van der Waals surface area contributed by atoms with E-state index in [0.29, 0.717) is 6.79 Å². The van der Waals surface area contributed by atoms with E-state index in [4.69, 9.17) is 14.2 Å². The minimum Gasteiger partial charge on any atom is -0.469 e. The van der Waals surface area contributed by atoms with Gasteiger partial charge in [-0.1, -0.05) is 13.0 Å². The van der Waals surface area contributed by atoms with Crippen molar-refractivity contribution in [3.05, 3.63) is 23.8 Å². The maximum Gasteiger partial charge on any atom is 0.309 e. The highest BCUT2D eigenvalue weighted by molar-refractivity contribution is 5.72. The quantitative estimate of drug-likeness (QED) is 0.763. The molecule has 23 heavy (non-hydrogen) atoms. The molecule has 126 valence electrons. The van der Waals surface area contributed by atoms with Crippen LogP contribution in [0.3, 0.4) is 0 Å². The van der Waals surface area contributed by atoms with Gasteiger partial charge in [0.1, 0.15) is 0 Å². The number of piperazine rings is 1. The van der Waals surface area contributed by atoms with Gasteiger partial charge in [-0.25, -0.2) is 0 Å². The summed E-state index contributed by atoms with van der Waals surface area (Å²) >= 11 is 0. The minimum atomic E-state index is -0.132. The molecule has 6 heteroatoms. The molecule has 1 fully saturated rings. The van der Waals surface area contributed by atoms with Crippen LogP contribution in [0.25, 0.3) is 0 Å². The predicted molar refractivity (Wildman–Crippen MR) is 85.5 cm³/mol. The molecular weight excluding hydrogens is 296 g/mol. The first-order valence-corrected chi connectivity index (χ1v) is 8.07. The fourth-order valence-corrected chi connectivity index (χ4v) is 3.09. The summed E-state index contributed by atoms with van der Waals surface area (Å²) in [6.07, 6.45) is 0. The van der Waals surface area contributed by atoms with Crippen molar-refractivity contribution in [3.63, 3.8) is 0 Å². The van der Waals surface area contributed by atoms with Crippen molar-refractivity contribution in [1.82, 2.24) is 9.80 Å². The molecule has 0 N–H and O–H groups in total. The highest BCUT2D eigenvalue weighted by Gasteiger charge is 2.22. The number of ether oxygens (including phenoxy) is 3. The molecule has 3 rings (SSSR count). The van der Waals surface area contributed by atoms with Gasteiger partial charge in [0.25, 0.3) is 0 Å². The average molecular weight is 320 g/mol. The molecule has 6 nitrogen and oxygen atoms in total. The fourth-order valence-electron chi connectivity index (χ4n) is 3.09. The Bertz CT molecular complexity index is 556. The molecular formula is C17H24N2O4. The molecule has 0 saturated carbocycles. The average Bonchev–Trinajstić information content (AvgIpc) is 3.03. The summed E-state index contributed by atoms with van der Waals surface area (Å²) in [5.74, 6) is 1.47. The second-order valence-electron chi connectivity index (χ2n) is 6.19. The van der Waals surface area contributed by atoms with Crippen LogP contribution < -0.4 is 9.47 Å². The van der Waals surface area contributed by atoms with E-state index in [-0.39, 0.29) is 11.9 Å². The fraction of sp³-hybridized carbons (Fsp3) is 0.588. The molecule has 0 aromatic heterocycles. The summed E-state index contributed by atoms with van der Waals surface area (Å²) in [7, 11) is 1.45. The van der Waals surface area contributed by atoms with Crippen LogP contribution in [-0.4, -0.2) is 62.4 Å². The van der Waals surface area contributed by atoms with Gasteiger partial charge < -0.3 is 14.2 Å². The van der Waals surface area contributed by atoms with Crippen LogP contribution in [0.4, 0.5) is 0 Å². The molecule has 1 atom stereocenters. The number of fused-ring (bicyclic) bond motifs is 1. The molecule has 1 saturated heterocycles. The highest BCUT2D eigenvalue weighted by atomic mass is 16.7. The second kappa shape index (κ2) is 7.19. The van der Waals surface area contributed by atoms with Crippen molar-refractivity contribution in [2.24, 2.45) is 5.92 Å². The van der Waals surface area contributed by atoms with Crippen molar-refractivity contribution < 1.29 is 19.0 Å². The number of carbonyl (C=O) groups excluding carboxylic acids is 1. The van der Waals surface area contributed by atoms with Gasteiger partial charge in [0.15, 0.2) is 11.5 Å². The molecule has 1 aromatic rings. The second-order valence-corrected chi connectivity index (χ2v) is 6.19. The number of hydrogen-bond donors (Lipinski definition) is 0. The first kappa shape index (κ1) is 16.1. The van der Waals surface area contributed by atoms with Crippen molar-refractivity contribution in [3.8, 4) is 11.5 Å². The normalized spacial score (nSPS) is 19.6. The number of methoxy groups -OCH3 is 1. The van der Waals surface area contributed by atoms with Gasteiger partial charge in [-0.3, -0.25) is 14.6 Å². The van der Waals surface area contributed by atoms with E-state index >= 15 is 0 Å². The molecule has 2 aliphatic rings. The molecule has 2 aliphatic heterocycles. The lowest BCUT2D eigenvalue weighted by molar-refractivity contribution is -0.145. The number of rotatable bonds is 5. The Hall–Kier alpha value is -1.79. The molecule has 0 radical (unpaired) electrons.